The Morgan fingerprint density at radius 2 is 2.12 bits per heavy atom. The summed E-state index contributed by atoms with van der Waals surface area (Å²) in [6.07, 6.45) is 3.77. The van der Waals surface area contributed by atoms with Crippen molar-refractivity contribution in [2.75, 3.05) is 24.7 Å². The van der Waals surface area contributed by atoms with Gasteiger partial charge in [0.25, 0.3) is 11.8 Å². The molecule has 2 aliphatic rings. The Balaban J connectivity index is 1.34. The molecule has 0 spiro atoms. The van der Waals surface area contributed by atoms with Crippen molar-refractivity contribution >= 4 is 68.5 Å². The van der Waals surface area contributed by atoms with Gasteiger partial charge in [0, 0.05) is 22.8 Å². The SMILES string of the molecule is CCOC(=O)CON=C(C(=O)NC1C(=O)N2C(C(=O)[O-])=C(C[n+]3ccc4ccsc4c3)CS[C@@H]12)c1cccc(N)n1. The van der Waals surface area contributed by atoms with Gasteiger partial charge in [-0.3, -0.25) is 14.5 Å². The third-order valence-corrected chi connectivity index (χ3v) is 8.44. The predicted molar refractivity (Wildman–Crippen MR) is 147 cm³/mol. The van der Waals surface area contributed by atoms with E-state index < -0.39 is 41.8 Å². The quantitative estimate of drug-likeness (QED) is 0.102. The zero-order valence-corrected chi connectivity index (χ0v) is 23.3. The minimum absolute atomic E-state index is 0.0450. The molecule has 0 bridgehead atoms. The van der Waals surface area contributed by atoms with E-state index in [1.54, 1.807) is 24.3 Å². The van der Waals surface area contributed by atoms with E-state index in [-0.39, 0.29) is 36.1 Å². The van der Waals surface area contributed by atoms with Crippen LogP contribution in [0.2, 0.25) is 0 Å². The summed E-state index contributed by atoms with van der Waals surface area (Å²) < 4.78 is 7.69. The van der Waals surface area contributed by atoms with Crippen molar-refractivity contribution in [2.45, 2.75) is 24.9 Å². The number of anilines is 1. The Hall–Kier alpha value is -4.50. The lowest BCUT2D eigenvalue weighted by molar-refractivity contribution is -0.687. The van der Waals surface area contributed by atoms with Crippen LogP contribution in [-0.4, -0.2) is 69.7 Å². The van der Waals surface area contributed by atoms with Crippen LogP contribution in [0.1, 0.15) is 12.6 Å². The summed E-state index contributed by atoms with van der Waals surface area (Å²) in [5, 5.41) is 20.9. The third-order valence-electron chi connectivity index (χ3n) is 6.23. The van der Waals surface area contributed by atoms with E-state index >= 15 is 0 Å². The Labute approximate surface area is 241 Å². The van der Waals surface area contributed by atoms with Gasteiger partial charge >= 0.3 is 5.97 Å². The van der Waals surface area contributed by atoms with E-state index in [2.05, 4.69) is 15.5 Å². The third kappa shape index (κ3) is 5.85. The van der Waals surface area contributed by atoms with Gasteiger partial charge in [0.1, 0.15) is 22.9 Å². The number of ether oxygens (including phenoxy) is 1. The number of pyridine rings is 2. The number of oxime groups is 1. The molecule has 0 saturated carbocycles. The van der Waals surface area contributed by atoms with Gasteiger partial charge < -0.3 is 30.5 Å². The summed E-state index contributed by atoms with van der Waals surface area (Å²) in [5.74, 6) is -3.19. The molecule has 1 saturated heterocycles. The average Bonchev–Trinajstić information content (AvgIpc) is 3.41. The first-order chi connectivity index (χ1) is 19.8. The van der Waals surface area contributed by atoms with E-state index in [0.717, 1.165) is 15.0 Å². The number of nitrogens with one attached hydrogen (secondary N) is 1. The number of amides is 2. The van der Waals surface area contributed by atoms with Crippen LogP contribution < -0.4 is 20.7 Å². The molecule has 0 aromatic carbocycles. The van der Waals surface area contributed by atoms with E-state index in [4.69, 9.17) is 15.3 Å². The topological polar surface area (TPSA) is 180 Å². The number of thioether (sulfide) groups is 1. The van der Waals surface area contributed by atoms with Gasteiger partial charge in [0.15, 0.2) is 24.7 Å². The minimum Gasteiger partial charge on any atom is -0.543 e. The number of hydrogen-bond donors (Lipinski definition) is 2. The molecule has 2 aliphatic heterocycles. The summed E-state index contributed by atoms with van der Waals surface area (Å²) in [5.41, 5.74) is 5.78. The number of aromatic nitrogens is 2. The number of carbonyl (C=O) groups is 4. The van der Waals surface area contributed by atoms with Crippen LogP contribution in [0.3, 0.4) is 0 Å². The fourth-order valence-electron chi connectivity index (χ4n) is 4.40. The highest BCUT2D eigenvalue weighted by Gasteiger charge is 2.53. The van der Waals surface area contributed by atoms with Crippen molar-refractivity contribution in [2.24, 2.45) is 5.16 Å². The number of rotatable bonds is 10. The first-order valence-electron chi connectivity index (χ1n) is 12.4. The maximum absolute atomic E-state index is 13.2. The molecule has 13 nitrogen and oxygen atoms in total. The van der Waals surface area contributed by atoms with Crippen molar-refractivity contribution < 1.29 is 38.4 Å². The van der Waals surface area contributed by atoms with Crippen LogP contribution in [-0.2, 0) is 35.3 Å². The van der Waals surface area contributed by atoms with Crippen LogP contribution in [0.15, 0.2) is 64.5 Å². The van der Waals surface area contributed by atoms with Gasteiger partial charge in [0.2, 0.25) is 6.61 Å². The first kappa shape index (κ1) is 28.0. The van der Waals surface area contributed by atoms with Gasteiger partial charge in [-0.05, 0) is 30.5 Å². The second-order valence-corrected chi connectivity index (χ2v) is 11.0. The fourth-order valence-corrected chi connectivity index (χ4v) is 6.57. The highest BCUT2D eigenvalue weighted by Crippen LogP contribution is 2.40. The number of esters is 1. The number of thiophene rings is 1. The highest BCUT2D eigenvalue weighted by molar-refractivity contribution is 8.00. The van der Waals surface area contributed by atoms with Crippen molar-refractivity contribution in [3.05, 3.63) is 65.1 Å². The molecule has 1 unspecified atom stereocenters. The number of nitrogens with two attached hydrogens (primary N) is 1. The molecule has 0 aliphatic carbocycles. The molecule has 1 fully saturated rings. The van der Waals surface area contributed by atoms with Crippen molar-refractivity contribution in [3.8, 4) is 0 Å². The van der Waals surface area contributed by atoms with Gasteiger partial charge in [-0.25, -0.2) is 9.78 Å². The van der Waals surface area contributed by atoms with Crippen molar-refractivity contribution in [1.29, 1.82) is 0 Å². The second kappa shape index (κ2) is 11.9. The van der Waals surface area contributed by atoms with Crippen LogP contribution in [0, 0.1) is 0 Å². The Morgan fingerprint density at radius 3 is 2.88 bits per heavy atom. The molecular weight excluding hydrogens is 572 g/mol. The Kier molecular flexibility index (Phi) is 8.16. The standard InChI is InChI=1S/C26H24N6O7S2/c1-2-38-19(33)12-39-30-20(16-4-3-5-18(27)28-16)23(34)29-21-24(35)32-22(26(36)37)15(13-41-25(21)32)10-31-8-6-14-7-9-40-17(14)11-31/h3-9,11,21,25H,2,10,12-13H2,1H3,(H3-,27,28,29,34,36,37)/t21?,25-/m0/s1. The summed E-state index contributed by atoms with van der Waals surface area (Å²) in [6.45, 7) is 1.47. The zero-order chi connectivity index (χ0) is 29.1. The van der Waals surface area contributed by atoms with Gasteiger partial charge in [0.05, 0.1) is 23.0 Å². The summed E-state index contributed by atoms with van der Waals surface area (Å²) in [4.78, 5) is 60.4. The smallest absolute Gasteiger partial charge is 0.347 e. The summed E-state index contributed by atoms with van der Waals surface area (Å²) in [7, 11) is 0. The van der Waals surface area contributed by atoms with Gasteiger partial charge in [-0.15, -0.1) is 23.1 Å². The number of β-lactam (4-membered cyclic amide) rings is 1. The maximum atomic E-state index is 13.2. The van der Waals surface area contributed by atoms with E-state index in [9.17, 15) is 24.3 Å². The second-order valence-electron chi connectivity index (χ2n) is 8.92. The van der Waals surface area contributed by atoms with Crippen molar-refractivity contribution in [1.82, 2.24) is 15.2 Å². The van der Waals surface area contributed by atoms with Gasteiger partial charge in [-0.2, -0.15) is 4.57 Å². The van der Waals surface area contributed by atoms with Crippen LogP contribution in [0.25, 0.3) is 10.1 Å². The minimum atomic E-state index is -1.47. The number of carboxylic acid groups (broad SMARTS) is 1. The lowest BCUT2D eigenvalue weighted by Gasteiger charge is -2.50. The predicted octanol–water partition coefficient (Wildman–Crippen LogP) is -0.446. The lowest BCUT2D eigenvalue weighted by Crippen LogP contribution is -2.71. The summed E-state index contributed by atoms with van der Waals surface area (Å²) in [6, 6.07) is 7.40. The molecule has 212 valence electrons. The largest absolute Gasteiger partial charge is 0.543 e. The molecule has 5 rings (SSSR count). The maximum Gasteiger partial charge on any atom is 0.347 e. The number of carboxylic acids is 1. The molecule has 2 atom stereocenters. The van der Waals surface area contributed by atoms with Crippen molar-refractivity contribution in [3.63, 3.8) is 0 Å². The number of fused-ring (bicyclic) bond motifs is 2. The molecule has 3 aromatic rings. The van der Waals surface area contributed by atoms with E-state index in [1.165, 1.54) is 23.9 Å². The van der Waals surface area contributed by atoms with Gasteiger partial charge in [-0.1, -0.05) is 11.2 Å². The number of hydrogen-bond acceptors (Lipinski definition) is 12. The fraction of sp³-hybridized carbons (Fsp3) is 0.269. The molecule has 2 amide bonds. The normalized spacial score (nSPS) is 18.5. The molecule has 5 heterocycles. The molecule has 41 heavy (non-hydrogen) atoms. The highest BCUT2D eigenvalue weighted by atomic mass is 32.2. The molecule has 0 radical (unpaired) electrons. The van der Waals surface area contributed by atoms with Crippen LogP contribution >= 0.6 is 23.1 Å². The monoisotopic (exact) mass is 596 g/mol. The number of nitrogens with zero attached hydrogens (tertiary/aromatic N) is 4. The molecule has 15 heteroatoms. The average molecular weight is 597 g/mol. The summed E-state index contributed by atoms with van der Waals surface area (Å²) >= 11 is 2.89. The Morgan fingerprint density at radius 1 is 1.29 bits per heavy atom. The van der Waals surface area contributed by atoms with Crippen LogP contribution in [0.4, 0.5) is 5.82 Å². The number of nitrogen functional groups attached to an aromatic ring is 1. The lowest BCUT2D eigenvalue weighted by atomic mass is 10.0. The Bertz CT molecular complexity index is 1600. The number of carbonyl (C=O) groups excluding carboxylic acids is 4. The van der Waals surface area contributed by atoms with Crippen LogP contribution in [0.5, 0.6) is 0 Å². The van der Waals surface area contributed by atoms with E-state index in [1.807, 2.05) is 34.5 Å². The molecule has 3 N–H and O–H groups in total. The number of aliphatic carboxylic acids is 1. The first-order valence-corrected chi connectivity index (χ1v) is 14.3. The molecular formula is C26H24N6O7S2. The zero-order valence-electron chi connectivity index (χ0n) is 21.6. The van der Waals surface area contributed by atoms with E-state index in [0.29, 0.717) is 11.3 Å². The molecule has 3 aromatic heterocycles.